The molecule has 0 bridgehead atoms. The monoisotopic (exact) mass is 540 g/mol. The lowest BCUT2D eigenvalue weighted by Crippen LogP contribution is -2.16. The van der Waals surface area contributed by atoms with E-state index in [9.17, 15) is 0 Å². The van der Waals surface area contributed by atoms with Gasteiger partial charge in [-0.25, -0.2) is 0 Å². The lowest BCUT2D eigenvalue weighted by molar-refractivity contribution is 0.589. The number of halogens is 1. The number of nitrogens with zero attached hydrogens (tertiary/aromatic N) is 1. The van der Waals surface area contributed by atoms with Gasteiger partial charge in [0.2, 0.25) is 0 Å². The maximum atomic E-state index is 3.64. The molecule has 0 aliphatic carbocycles. The van der Waals surface area contributed by atoms with Crippen LogP contribution in [0.5, 0.6) is 0 Å². The van der Waals surface area contributed by atoms with E-state index in [2.05, 4.69) is 154 Å². The highest BCUT2D eigenvalue weighted by atomic mass is 79.9. The molecule has 4 aromatic carbocycles. The molecule has 0 aromatic heterocycles. The van der Waals surface area contributed by atoms with Crippen molar-refractivity contribution in [2.24, 2.45) is 0 Å². The van der Waals surface area contributed by atoms with Crippen LogP contribution in [0.15, 0.2) is 77.3 Å². The Kier molecular flexibility index (Phi) is 7.33. The van der Waals surface area contributed by atoms with Crippen LogP contribution in [-0.2, 0) is 5.41 Å². The summed E-state index contributed by atoms with van der Waals surface area (Å²) in [5, 5.41) is 3.64. The Balaban J connectivity index is 1.77. The molecule has 0 atom stereocenters. The minimum absolute atomic E-state index is 0.107. The van der Waals surface area contributed by atoms with Crippen LogP contribution < -0.4 is 10.2 Å². The van der Waals surface area contributed by atoms with Gasteiger partial charge in [-0.3, -0.25) is 0 Å². The molecular formula is C33H37BrN2. The van der Waals surface area contributed by atoms with E-state index >= 15 is 0 Å². The summed E-state index contributed by atoms with van der Waals surface area (Å²) in [6.45, 7) is 17.7. The third-order valence-corrected chi connectivity index (χ3v) is 7.27. The SMILES string of the molecule is Cc1cc(C)c(Nc2ccc(N(c3ccc(Br)cc3)c3c(C)cc(C(C)(C)C)cc3C)cc2)c(C)c1. The maximum Gasteiger partial charge on any atom is 0.0520 e. The van der Waals surface area contributed by atoms with Gasteiger partial charge in [0.1, 0.15) is 0 Å². The van der Waals surface area contributed by atoms with Crippen molar-refractivity contribution in [3.8, 4) is 0 Å². The molecule has 0 heterocycles. The molecule has 1 N–H and O–H groups in total. The minimum atomic E-state index is 0.107. The van der Waals surface area contributed by atoms with Gasteiger partial charge in [0.05, 0.1) is 5.69 Å². The van der Waals surface area contributed by atoms with Crippen LogP contribution in [0.3, 0.4) is 0 Å². The summed E-state index contributed by atoms with van der Waals surface area (Å²) >= 11 is 3.60. The second-order valence-corrected chi connectivity index (χ2v) is 11.9. The van der Waals surface area contributed by atoms with Crippen LogP contribution in [0.1, 0.15) is 54.2 Å². The molecule has 0 saturated carbocycles. The fourth-order valence-corrected chi connectivity index (χ4v) is 5.22. The van der Waals surface area contributed by atoms with E-state index in [-0.39, 0.29) is 5.41 Å². The van der Waals surface area contributed by atoms with Crippen LogP contribution in [0.2, 0.25) is 0 Å². The van der Waals surface area contributed by atoms with Crippen molar-refractivity contribution in [1.82, 2.24) is 0 Å². The van der Waals surface area contributed by atoms with Crippen molar-refractivity contribution in [3.05, 3.63) is 111 Å². The Labute approximate surface area is 225 Å². The molecule has 0 fully saturated rings. The first-order valence-electron chi connectivity index (χ1n) is 12.6. The van der Waals surface area contributed by atoms with Crippen molar-refractivity contribution in [3.63, 3.8) is 0 Å². The number of rotatable bonds is 5. The lowest BCUT2D eigenvalue weighted by Gasteiger charge is -2.31. The van der Waals surface area contributed by atoms with Gasteiger partial charge in [-0.2, -0.15) is 0 Å². The number of benzene rings is 4. The van der Waals surface area contributed by atoms with Gasteiger partial charge in [-0.15, -0.1) is 0 Å². The summed E-state index contributed by atoms with van der Waals surface area (Å²) in [6.07, 6.45) is 0. The molecule has 3 heteroatoms. The van der Waals surface area contributed by atoms with Crippen LogP contribution in [0.25, 0.3) is 0 Å². The highest BCUT2D eigenvalue weighted by Crippen LogP contribution is 2.41. The third-order valence-electron chi connectivity index (χ3n) is 6.74. The molecule has 0 unspecified atom stereocenters. The van der Waals surface area contributed by atoms with Crippen LogP contribution >= 0.6 is 15.9 Å². The molecule has 186 valence electrons. The van der Waals surface area contributed by atoms with E-state index in [0.717, 1.165) is 21.5 Å². The van der Waals surface area contributed by atoms with E-state index in [1.807, 2.05) is 0 Å². The topological polar surface area (TPSA) is 15.3 Å². The van der Waals surface area contributed by atoms with Crippen LogP contribution in [0, 0.1) is 34.6 Å². The van der Waals surface area contributed by atoms with Gasteiger partial charge in [-0.1, -0.05) is 66.5 Å². The second kappa shape index (κ2) is 10.1. The molecule has 36 heavy (non-hydrogen) atoms. The van der Waals surface area contributed by atoms with Crippen molar-refractivity contribution in [1.29, 1.82) is 0 Å². The summed E-state index contributed by atoms with van der Waals surface area (Å²) in [6, 6.07) is 26.5. The molecule has 0 radical (unpaired) electrons. The zero-order valence-electron chi connectivity index (χ0n) is 22.8. The first kappa shape index (κ1) is 26.0. The number of aryl methyl sites for hydroxylation is 5. The molecule has 0 saturated heterocycles. The van der Waals surface area contributed by atoms with Gasteiger partial charge >= 0.3 is 0 Å². The average Bonchev–Trinajstić information content (AvgIpc) is 2.79. The fraction of sp³-hybridized carbons (Fsp3) is 0.273. The number of anilines is 5. The van der Waals surface area contributed by atoms with Gasteiger partial charge in [0, 0.05) is 27.2 Å². The minimum Gasteiger partial charge on any atom is -0.355 e. The molecular weight excluding hydrogens is 504 g/mol. The maximum absolute atomic E-state index is 3.64. The fourth-order valence-electron chi connectivity index (χ4n) is 4.95. The molecule has 0 aliphatic rings. The molecule has 2 nitrogen and oxygen atoms in total. The molecule has 4 aromatic rings. The first-order valence-corrected chi connectivity index (χ1v) is 13.4. The average molecular weight is 542 g/mol. The Bertz CT molecular complexity index is 1330. The highest BCUT2D eigenvalue weighted by molar-refractivity contribution is 9.10. The first-order chi connectivity index (χ1) is 16.9. The van der Waals surface area contributed by atoms with E-state index in [0.29, 0.717) is 0 Å². The van der Waals surface area contributed by atoms with Crippen molar-refractivity contribution < 1.29 is 0 Å². The van der Waals surface area contributed by atoms with Crippen LogP contribution in [-0.4, -0.2) is 0 Å². The Hall–Kier alpha value is -3.04. The zero-order valence-corrected chi connectivity index (χ0v) is 24.3. The van der Waals surface area contributed by atoms with E-state index in [4.69, 9.17) is 0 Å². The molecule has 0 amide bonds. The zero-order chi connectivity index (χ0) is 26.2. The van der Waals surface area contributed by atoms with E-state index in [1.165, 1.54) is 44.8 Å². The van der Waals surface area contributed by atoms with Gasteiger partial charge < -0.3 is 10.2 Å². The standard InChI is InChI=1S/C33H37BrN2/c1-21-17-22(2)31(23(3)18-21)35-28-11-15-30(16-12-28)36(29-13-9-27(34)10-14-29)32-24(4)19-26(20-25(32)5)33(6,7)8/h9-20,35H,1-8H3. The van der Waals surface area contributed by atoms with Crippen LogP contribution in [0.4, 0.5) is 28.4 Å². The lowest BCUT2D eigenvalue weighted by atomic mass is 9.84. The normalized spacial score (nSPS) is 11.5. The van der Waals surface area contributed by atoms with E-state index in [1.54, 1.807) is 0 Å². The summed E-state index contributed by atoms with van der Waals surface area (Å²) < 4.78 is 1.08. The Morgan fingerprint density at radius 2 is 1.11 bits per heavy atom. The quantitative estimate of drug-likeness (QED) is 0.270. The summed E-state index contributed by atoms with van der Waals surface area (Å²) in [4.78, 5) is 2.37. The summed E-state index contributed by atoms with van der Waals surface area (Å²) in [5.74, 6) is 0. The Morgan fingerprint density at radius 1 is 0.639 bits per heavy atom. The molecule has 0 aliphatic heterocycles. The number of nitrogens with one attached hydrogen (secondary N) is 1. The predicted octanol–water partition coefficient (Wildman–Crippen LogP) is 10.5. The highest BCUT2D eigenvalue weighted by Gasteiger charge is 2.21. The molecule has 4 rings (SSSR count). The Morgan fingerprint density at radius 3 is 1.58 bits per heavy atom. The summed E-state index contributed by atoms with van der Waals surface area (Å²) in [7, 11) is 0. The summed E-state index contributed by atoms with van der Waals surface area (Å²) in [5.41, 5.74) is 13.6. The van der Waals surface area contributed by atoms with Crippen molar-refractivity contribution >= 4 is 44.4 Å². The number of hydrogen-bond acceptors (Lipinski definition) is 2. The van der Waals surface area contributed by atoms with Gasteiger partial charge in [-0.05, 0) is 116 Å². The van der Waals surface area contributed by atoms with Crippen molar-refractivity contribution in [2.45, 2.75) is 60.8 Å². The predicted molar refractivity (Wildman–Crippen MR) is 161 cm³/mol. The van der Waals surface area contributed by atoms with Gasteiger partial charge in [0.15, 0.2) is 0 Å². The second-order valence-electron chi connectivity index (χ2n) is 11.0. The third kappa shape index (κ3) is 5.52. The number of hydrogen-bond donors (Lipinski definition) is 1. The smallest absolute Gasteiger partial charge is 0.0520 e. The largest absolute Gasteiger partial charge is 0.355 e. The van der Waals surface area contributed by atoms with Crippen molar-refractivity contribution in [2.75, 3.05) is 10.2 Å². The molecule has 0 spiro atoms. The van der Waals surface area contributed by atoms with E-state index < -0.39 is 0 Å². The van der Waals surface area contributed by atoms with Gasteiger partial charge in [0.25, 0.3) is 0 Å².